The number of hydrogen-bond acceptors (Lipinski definition) is 4. The molecule has 0 radical (unpaired) electrons. The average Bonchev–Trinajstić information content (AvgIpc) is 2.00. The Morgan fingerprint density at radius 3 is 2.83 bits per heavy atom. The van der Waals surface area contributed by atoms with Crippen LogP contribution in [0.3, 0.4) is 0 Å². The molecule has 1 aliphatic heterocycles. The Bertz CT molecular complexity index is 143. The number of rotatable bonds is 2. The second-order valence-electron chi connectivity index (χ2n) is 2.83. The molecular formula is C7H13FO4. The molecule has 0 amide bonds. The van der Waals surface area contributed by atoms with Gasteiger partial charge < -0.3 is 19.7 Å². The molecule has 0 aliphatic carbocycles. The van der Waals surface area contributed by atoms with Crippen LogP contribution in [-0.2, 0) is 9.47 Å². The third-order valence-corrected chi connectivity index (χ3v) is 1.86. The van der Waals surface area contributed by atoms with Gasteiger partial charge in [0.15, 0.2) is 0 Å². The van der Waals surface area contributed by atoms with E-state index in [-0.39, 0.29) is 13.0 Å². The van der Waals surface area contributed by atoms with Gasteiger partial charge in [-0.05, 0) is 0 Å². The van der Waals surface area contributed by atoms with Crippen molar-refractivity contribution in [3.63, 3.8) is 0 Å². The van der Waals surface area contributed by atoms with Gasteiger partial charge in [0.05, 0.1) is 12.7 Å². The number of ether oxygens (including phenoxy) is 2. The molecule has 4 unspecified atom stereocenters. The molecule has 0 aromatic heterocycles. The van der Waals surface area contributed by atoms with E-state index in [0.717, 1.165) is 0 Å². The van der Waals surface area contributed by atoms with Crippen molar-refractivity contribution in [2.45, 2.75) is 31.1 Å². The van der Waals surface area contributed by atoms with E-state index in [1.165, 1.54) is 7.11 Å². The standard InChI is InChI=1S/C7H13FO4/c1-11-3-5-7(10)4(9)2-6(8)12-5/h4-7,9-10H,2-3H2,1H3. The molecule has 1 rings (SSSR count). The molecule has 1 fully saturated rings. The van der Waals surface area contributed by atoms with Crippen molar-refractivity contribution >= 4 is 0 Å². The van der Waals surface area contributed by atoms with Gasteiger partial charge in [0, 0.05) is 13.5 Å². The maximum atomic E-state index is 12.6. The minimum Gasteiger partial charge on any atom is -0.390 e. The van der Waals surface area contributed by atoms with Crippen LogP contribution in [0, 0.1) is 0 Å². The molecule has 1 heterocycles. The predicted molar refractivity (Wildman–Crippen MR) is 38.3 cm³/mol. The summed E-state index contributed by atoms with van der Waals surface area (Å²) in [7, 11) is 1.42. The second-order valence-corrected chi connectivity index (χ2v) is 2.83. The Kier molecular flexibility index (Phi) is 3.39. The Morgan fingerprint density at radius 1 is 1.58 bits per heavy atom. The average molecular weight is 180 g/mol. The number of aliphatic hydroxyl groups is 2. The van der Waals surface area contributed by atoms with Crippen LogP contribution in [0.2, 0.25) is 0 Å². The molecule has 0 aromatic rings. The summed E-state index contributed by atoms with van der Waals surface area (Å²) >= 11 is 0. The van der Waals surface area contributed by atoms with E-state index in [2.05, 4.69) is 4.74 Å². The number of hydrogen-bond donors (Lipinski definition) is 2. The van der Waals surface area contributed by atoms with Crippen LogP contribution < -0.4 is 0 Å². The Labute approximate surface area is 69.9 Å². The van der Waals surface area contributed by atoms with E-state index in [9.17, 15) is 9.50 Å². The van der Waals surface area contributed by atoms with Crippen LogP contribution in [0.5, 0.6) is 0 Å². The molecule has 0 saturated carbocycles. The number of aliphatic hydroxyl groups excluding tert-OH is 2. The van der Waals surface area contributed by atoms with Crippen molar-refractivity contribution in [3.8, 4) is 0 Å². The van der Waals surface area contributed by atoms with Gasteiger partial charge in [-0.3, -0.25) is 0 Å². The van der Waals surface area contributed by atoms with Crippen molar-refractivity contribution in [1.82, 2.24) is 0 Å². The SMILES string of the molecule is COCC1OC(F)CC(O)C1O. The molecule has 0 aromatic carbocycles. The van der Waals surface area contributed by atoms with Crippen molar-refractivity contribution in [1.29, 1.82) is 0 Å². The summed E-state index contributed by atoms with van der Waals surface area (Å²) in [5.41, 5.74) is 0. The lowest BCUT2D eigenvalue weighted by atomic mass is 10.0. The normalized spacial score (nSPS) is 43.0. The van der Waals surface area contributed by atoms with Crippen molar-refractivity contribution in [2.75, 3.05) is 13.7 Å². The third-order valence-electron chi connectivity index (χ3n) is 1.86. The lowest BCUT2D eigenvalue weighted by Crippen LogP contribution is -2.49. The van der Waals surface area contributed by atoms with Crippen LogP contribution in [0.15, 0.2) is 0 Å². The highest BCUT2D eigenvalue weighted by atomic mass is 19.1. The highest BCUT2D eigenvalue weighted by Crippen LogP contribution is 2.21. The summed E-state index contributed by atoms with van der Waals surface area (Å²) in [4.78, 5) is 0. The maximum absolute atomic E-state index is 12.6. The summed E-state index contributed by atoms with van der Waals surface area (Å²) in [5, 5.41) is 18.4. The highest BCUT2D eigenvalue weighted by Gasteiger charge is 2.36. The van der Waals surface area contributed by atoms with Gasteiger partial charge in [-0.1, -0.05) is 0 Å². The summed E-state index contributed by atoms with van der Waals surface area (Å²) in [6.07, 6.45) is -4.58. The molecule has 0 spiro atoms. The lowest BCUT2D eigenvalue weighted by Gasteiger charge is -2.33. The summed E-state index contributed by atoms with van der Waals surface area (Å²) in [6, 6.07) is 0. The van der Waals surface area contributed by atoms with Crippen molar-refractivity contribution in [3.05, 3.63) is 0 Å². The van der Waals surface area contributed by atoms with Crippen LogP contribution in [-0.4, -0.2) is 48.6 Å². The molecule has 1 saturated heterocycles. The summed E-state index contributed by atoms with van der Waals surface area (Å²) < 4.78 is 22.0. The van der Waals surface area contributed by atoms with Gasteiger partial charge >= 0.3 is 0 Å². The fraction of sp³-hybridized carbons (Fsp3) is 1.00. The fourth-order valence-corrected chi connectivity index (χ4v) is 1.20. The molecule has 72 valence electrons. The zero-order valence-corrected chi connectivity index (χ0v) is 6.81. The smallest absolute Gasteiger partial charge is 0.201 e. The zero-order chi connectivity index (χ0) is 9.14. The van der Waals surface area contributed by atoms with E-state index in [1.807, 2.05) is 0 Å². The van der Waals surface area contributed by atoms with Gasteiger partial charge in [-0.2, -0.15) is 0 Å². The number of halogens is 1. The van der Waals surface area contributed by atoms with Gasteiger partial charge in [-0.25, -0.2) is 4.39 Å². The number of alkyl halides is 1. The Balaban J connectivity index is 2.47. The molecule has 2 N–H and O–H groups in total. The van der Waals surface area contributed by atoms with E-state index >= 15 is 0 Å². The monoisotopic (exact) mass is 180 g/mol. The molecule has 5 heteroatoms. The van der Waals surface area contributed by atoms with Gasteiger partial charge in [0.2, 0.25) is 6.36 Å². The van der Waals surface area contributed by atoms with Crippen LogP contribution in [0.4, 0.5) is 4.39 Å². The van der Waals surface area contributed by atoms with Crippen molar-refractivity contribution in [2.24, 2.45) is 0 Å². The van der Waals surface area contributed by atoms with Crippen molar-refractivity contribution < 1.29 is 24.1 Å². The minimum absolute atomic E-state index is 0.0820. The summed E-state index contributed by atoms with van der Waals surface area (Å²) in [6.45, 7) is 0.0820. The first kappa shape index (κ1) is 9.85. The second kappa shape index (κ2) is 4.13. The van der Waals surface area contributed by atoms with E-state index in [1.54, 1.807) is 0 Å². The van der Waals surface area contributed by atoms with E-state index < -0.39 is 24.7 Å². The van der Waals surface area contributed by atoms with Crippen LogP contribution in [0.25, 0.3) is 0 Å². The summed E-state index contributed by atoms with van der Waals surface area (Å²) in [5.74, 6) is 0. The van der Waals surface area contributed by atoms with Gasteiger partial charge in [0.1, 0.15) is 12.2 Å². The predicted octanol–water partition coefficient (Wildman–Crippen LogP) is -0.561. The molecule has 12 heavy (non-hydrogen) atoms. The fourth-order valence-electron chi connectivity index (χ4n) is 1.20. The van der Waals surface area contributed by atoms with E-state index in [4.69, 9.17) is 9.84 Å². The molecule has 4 nitrogen and oxygen atoms in total. The molecular weight excluding hydrogens is 167 g/mol. The zero-order valence-electron chi connectivity index (χ0n) is 6.81. The largest absolute Gasteiger partial charge is 0.390 e. The van der Waals surface area contributed by atoms with Gasteiger partial charge in [-0.15, -0.1) is 0 Å². The molecule has 0 bridgehead atoms. The Hall–Kier alpha value is -0.230. The third kappa shape index (κ3) is 2.13. The molecule has 1 aliphatic rings. The molecule has 4 atom stereocenters. The van der Waals surface area contributed by atoms with E-state index in [0.29, 0.717) is 0 Å². The quantitative estimate of drug-likeness (QED) is 0.598. The first-order valence-corrected chi connectivity index (χ1v) is 3.79. The first-order chi connectivity index (χ1) is 5.65. The van der Waals surface area contributed by atoms with Crippen LogP contribution >= 0.6 is 0 Å². The number of methoxy groups -OCH3 is 1. The highest BCUT2D eigenvalue weighted by molar-refractivity contribution is 4.82. The topological polar surface area (TPSA) is 58.9 Å². The van der Waals surface area contributed by atoms with Gasteiger partial charge in [0.25, 0.3) is 0 Å². The minimum atomic E-state index is -1.51. The van der Waals surface area contributed by atoms with Crippen LogP contribution in [0.1, 0.15) is 6.42 Å². The Morgan fingerprint density at radius 2 is 2.25 bits per heavy atom. The lowest BCUT2D eigenvalue weighted by molar-refractivity contribution is -0.216. The first-order valence-electron chi connectivity index (χ1n) is 3.79. The maximum Gasteiger partial charge on any atom is 0.201 e.